The third-order valence-electron chi connectivity index (χ3n) is 2.92. The fraction of sp³-hybridized carbons (Fsp3) is 0.250. The van der Waals surface area contributed by atoms with Gasteiger partial charge in [0, 0.05) is 12.1 Å². The summed E-state index contributed by atoms with van der Waals surface area (Å²) in [4.78, 5) is 0. The summed E-state index contributed by atoms with van der Waals surface area (Å²) in [6.07, 6.45) is 0. The highest BCUT2D eigenvalue weighted by Gasteiger charge is 2.22. The van der Waals surface area contributed by atoms with Crippen LogP contribution in [0.3, 0.4) is 0 Å². The fourth-order valence-electron chi connectivity index (χ4n) is 2.06. The van der Waals surface area contributed by atoms with E-state index in [1.807, 2.05) is 0 Å². The summed E-state index contributed by atoms with van der Waals surface area (Å²) in [6.45, 7) is 1.47. The van der Waals surface area contributed by atoms with E-state index in [4.69, 9.17) is 10.5 Å². The molecule has 0 bridgehead atoms. The van der Waals surface area contributed by atoms with Crippen LogP contribution in [-0.4, -0.2) is 9.78 Å². The Morgan fingerprint density at radius 1 is 1.29 bits per heavy atom. The predicted molar refractivity (Wildman–Crippen MR) is 59.9 cm³/mol. The quantitative estimate of drug-likeness (QED) is 0.855. The van der Waals surface area contributed by atoms with Gasteiger partial charge in [0.15, 0.2) is 0 Å². The van der Waals surface area contributed by atoms with Gasteiger partial charge in [0.25, 0.3) is 0 Å². The van der Waals surface area contributed by atoms with Gasteiger partial charge in [0.1, 0.15) is 5.82 Å². The molecule has 0 aliphatic carbocycles. The molecule has 2 N–H and O–H groups in total. The van der Waals surface area contributed by atoms with Gasteiger partial charge in [-0.2, -0.15) is 5.10 Å². The highest BCUT2D eigenvalue weighted by atomic mass is 19.1. The Morgan fingerprint density at radius 3 is 2.76 bits per heavy atom. The van der Waals surface area contributed by atoms with Crippen molar-refractivity contribution in [2.75, 3.05) is 0 Å². The molecular weight excluding hydrogens is 221 g/mol. The minimum atomic E-state index is -0.257. The number of ether oxygens (including phenoxy) is 1. The van der Waals surface area contributed by atoms with Crippen LogP contribution in [0.25, 0.3) is 5.69 Å². The van der Waals surface area contributed by atoms with Gasteiger partial charge in [-0.15, -0.1) is 0 Å². The molecule has 0 atom stereocenters. The van der Waals surface area contributed by atoms with Crippen LogP contribution in [0, 0.1) is 5.82 Å². The minimum absolute atomic E-state index is 0.257. The lowest BCUT2D eigenvalue weighted by Crippen LogP contribution is -2.04. The van der Waals surface area contributed by atoms with Crippen LogP contribution in [0.4, 0.5) is 4.39 Å². The topological polar surface area (TPSA) is 53.1 Å². The number of hydrogen-bond acceptors (Lipinski definition) is 3. The Labute approximate surface area is 97.8 Å². The highest BCUT2D eigenvalue weighted by molar-refractivity contribution is 5.38. The van der Waals surface area contributed by atoms with Crippen molar-refractivity contribution in [3.8, 4) is 5.69 Å². The maximum atomic E-state index is 12.9. The van der Waals surface area contributed by atoms with Gasteiger partial charge in [-0.3, -0.25) is 0 Å². The van der Waals surface area contributed by atoms with E-state index in [-0.39, 0.29) is 5.82 Å². The Hall–Kier alpha value is -1.72. The molecule has 17 heavy (non-hydrogen) atoms. The van der Waals surface area contributed by atoms with Crippen molar-refractivity contribution in [2.45, 2.75) is 19.8 Å². The third kappa shape index (κ3) is 1.64. The molecule has 4 nitrogen and oxygen atoms in total. The summed E-state index contributed by atoms with van der Waals surface area (Å²) in [5, 5.41) is 4.44. The van der Waals surface area contributed by atoms with E-state index >= 15 is 0 Å². The van der Waals surface area contributed by atoms with Crippen LogP contribution < -0.4 is 5.73 Å². The lowest BCUT2D eigenvalue weighted by atomic mass is 10.2. The molecule has 2 heterocycles. The SMILES string of the molecule is NCc1nn(-c2ccc(F)cc2)c2c1COC2. The number of rotatable bonds is 2. The molecule has 0 saturated heterocycles. The van der Waals surface area contributed by atoms with Crippen molar-refractivity contribution in [1.82, 2.24) is 9.78 Å². The number of hydrogen-bond donors (Lipinski definition) is 1. The predicted octanol–water partition coefficient (Wildman–Crippen LogP) is 1.50. The molecule has 0 unspecified atom stereocenters. The average Bonchev–Trinajstić information content (AvgIpc) is 2.91. The van der Waals surface area contributed by atoms with Crippen LogP contribution in [0.5, 0.6) is 0 Å². The Morgan fingerprint density at radius 2 is 2.06 bits per heavy atom. The molecule has 88 valence electrons. The molecule has 3 rings (SSSR count). The number of aromatic nitrogens is 2. The summed E-state index contributed by atoms with van der Waals surface area (Å²) in [6, 6.07) is 6.23. The molecule has 1 aliphatic rings. The lowest BCUT2D eigenvalue weighted by Gasteiger charge is -2.04. The largest absolute Gasteiger partial charge is 0.370 e. The van der Waals surface area contributed by atoms with E-state index in [9.17, 15) is 4.39 Å². The third-order valence-corrected chi connectivity index (χ3v) is 2.92. The molecular formula is C12H12FN3O. The van der Waals surface area contributed by atoms with Gasteiger partial charge in [-0.1, -0.05) is 0 Å². The van der Waals surface area contributed by atoms with E-state index in [1.54, 1.807) is 16.8 Å². The average molecular weight is 233 g/mol. The van der Waals surface area contributed by atoms with E-state index in [0.29, 0.717) is 19.8 Å². The minimum Gasteiger partial charge on any atom is -0.370 e. The first-order chi connectivity index (χ1) is 8.29. The first kappa shape index (κ1) is 10.4. The van der Waals surface area contributed by atoms with Crippen LogP contribution in [-0.2, 0) is 24.5 Å². The number of halogens is 1. The molecule has 1 aromatic heterocycles. The number of fused-ring (bicyclic) bond motifs is 1. The van der Waals surface area contributed by atoms with Crippen molar-refractivity contribution in [1.29, 1.82) is 0 Å². The zero-order valence-electron chi connectivity index (χ0n) is 9.19. The molecule has 0 amide bonds. The van der Waals surface area contributed by atoms with Crippen LogP contribution in [0.15, 0.2) is 24.3 Å². The van der Waals surface area contributed by atoms with E-state index in [0.717, 1.165) is 22.6 Å². The van der Waals surface area contributed by atoms with Crippen molar-refractivity contribution < 1.29 is 9.13 Å². The van der Waals surface area contributed by atoms with Gasteiger partial charge in [0.2, 0.25) is 0 Å². The number of nitrogens with zero attached hydrogens (tertiary/aromatic N) is 2. The second-order valence-corrected chi connectivity index (χ2v) is 3.96. The highest BCUT2D eigenvalue weighted by Crippen LogP contribution is 2.25. The number of benzene rings is 1. The summed E-state index contributed by atoms with van der Waals surface area (Å²) < 4.78 is 20.0. The second kappa shape index (κ2) is 3.94. The normalized spacial score (nSPS) is 14.0. The van der Waals surface area contributed by atoms with Crippen LogP contribution >= 0.6 is 0 Å². The lowest BCUT2D eigenvalue weighted by molar-refractivity contribution is 0.130. The second-order valence-electron chi connectivity index (χ2n) is 3.96. The molecule has 0 saturated carbocycles. The Kier molecular flexibility index (Phi) is 2.42. The Balaban J connectivity index is 2.12. The van der Waals surface area contributed by atoms with Crippen LogP contribution in [0.1, 0.15) is 17.0 Å². The summed E-state index contributed by atoms with van der Waals surface area (Å²) in [5.74, 6) is -0.257. The molecule has 5 heteroatoms. The van der Waals surface area contributed by atoms with Gasteiger partial charge >= 0.3 is 0 Å². The van der Waals surface area contributed by atoms with Gasteiger partial charge in [-0.25, -0.2) is 9.07 Å². The van der Waals surface area contributed by atoms with Gasteiger partial charge in [-0.05, 0) is 24.3 Å². The summed E-state index contributed by atoms with van der Waals surface area (Å²) in [5.41, 5.74) is 9.40. The van der Waals surface area contributed by atoms with E-state index in [1.165, 1.54) is 12.1 Å². The standard InChI is InChI=1S/C12H12FN3O/c13-8-1-3-9(4-2-8)16-12-7-17-6-10(12)11(5-14)15-16/h1-4H,5-7,14H2. The molecule has 0 spiro atoms. The zero-order valence-corrected chi connectivity index (χ0v) is 9.19. The maximum Gasteiger partial charge on any atom is 0.123 e. The molecule has 1 aliphatic heterocycles. The molecule has 2 aromatic rings. The molecule has 0 radical (unpaired) electrons. The van der Waals surface area contributed by atoms with Gasteiger partial charge < -0.3 is 10.5 Å². The summed E-state index contributed by atoms with van der Waals surface area (Å²) in [7, 11) is 0. The maximum absolute atomic E-state index is 12.9. The first-order valence-electron chi connectivity index (χ1n) is 5.43. The van der Waals surface area contributed by atoms with Gasteiger partial charge in [0.05, 0.1) is 30.3 Å². The van der Waals surface area contributed by atoms with E-state index in [2.05, 4.69) is 5.10 Å². The van der Waals surface area contributed by atoms with E-state index < -0.39 is 0 Å². The molecule has 0 fully saturated rings. The van der Waals surface area contributed by atoms with Crippen molar-refractivity contribution in [2.24, 2.45) is 5.73 Å². The van der Waals surface area contributed by atoms with Crippen LogP contribution in [0.2, 0.25) is 0 Å². The van der Waals surface area contributed by atoms with Crippen molar-refractivity contribution in [3.05, 3.63) is 47.0 Å². The monoisotopic (exact) mass is 233 g/mol. The summed E-state index contributed by atoms with van der Waals surface area (Å²) >= 11 is 0. The fourth-order valence-corrected chi connectivity index (χ4v) is 2.06. The molecule has 1 aromatic carbocycles. The Bertz CT molecular complexity index is 548. The smallest absolute Gasteiger partial charge is 0.123 e. The first-order valence-corrected chi connectivity index (χ1v) is 5.43. The van der Waals surface area contributed by atoms with Crippen molar-refractivity contribution >= 4 is 0 Å². The number of nitrogens with two attached hydrogens (primary N) is 1. The zero-order chi connectivity index (χ0) is 11.8. The van der Waals surface area contributed by atoms with Crippen molar-refractivity contribution in [3.63, 3.8) is 0 Å².